The highest BCUT2D eigenvalue weighted by molar-refractivity contribution is 4.71. The highest BCUT2D eigenvalue weighted by Gasteiger charge is 2.10. The molecule has 0 aromatic heterocycles. The molecule has 0 aromatic rings. The fourth-order valence-corrected chi connectivity index (χ4v) is 1.73. The normalized spacial score (nSPS) is 13.7. The molecule has 0 bridgehead atoms. The van der Waals surface area contributed by atoms with Gasteiger partial charge in [0.25, 0.3) is 0 Å². The number of rotatable bonds is 10. The Morgan fingerprint density at radius 3 is 2.44 bits per heavy atom. The number of hydrogen-bond acceptors (Lipinski definition) is 4. The van der Waals surface area contributed by atoms with Crippen LogP contribution in [0.25, 0.3) is 0 Å². The number of aliphatic hydroxyl groups is 1. The minimum atomic E-state index is 0.104. The van der Waals surface area contributed by atoms with E-state index in [1.807, 2.05) is 0 Å². The molecular weight excluding hydrogens is 204 g/mol. The van der Waals surface area contributed by atoms with Gasteiger partial charge in [-0.3, -0.25) is 0 Å². The summed E-state index contributed by atoms with van der Waals surface area (Å²) in [6.07, 6.45) is 1.18. The molecule has 0 aliphatic carbocycles. The van der Waals surface area contributed by atoms with E-state index in [4.69, 9.17) is 9.84 Å². The van der Waals surface area contributed by atoms with Gasteiger partial charge in [-0.1, -0.05) is 13.8 Å². The zero-order valence-electron chi connectivity index (χ0n) is 11.2. The molecule has 0 fully saturated rings. The average molecular weight is 232 g/mol. The van der Waals surface area contributed by atoms with E-state index in [0.717, 1.165) is 13.1 Å². The van der Waals surface area contributed by atoms with Gasteiger partial charge < -0.3 is 20.1 Å². The molecule has 1 unspecified atom stereocenters. The lowest BCUT2D eigenvalue weighted by Gasteiger charge is -2.24. The van der Waals surface area contributed by atoms with Gasteiger partial charge in [0, 0.05) is 19.1 Å². The van der Waals surface area contributed by atoms with Crippen molar-refractivity contribution in [3.8, 4) is 0 Å². The van der Waals surface area contributed by atoms with E-state index in [1.54, 1.807) is 0 Å². The van der Waals surface area contributed by atoms with Crippen LogP contribution in [-0.4, -0.2) is 63.1 Å². The van der Waals surface area contributed by atoms with Crippen molar-refractivity contribution in [2.45, 2.75) is 26.3 Å². The van der Waals surface area contributed by atoms with Gasteiger partial charge in [0.15, 0.2) is 0 Å². The molecule has 4 nitrogen and oxygen atoms in total. The van der Waals surface area contributed by atoms with Gasteiger partial charge in [-0.15, -0.1) is 0 Å². The van der Waals surface area contributed by atoms with E-state index in [1.165, 1.54) is 6.42 Å². The molecule has 0 aliphatic heterocycles. The zero-order chi connectivity index (χ0) is 12.4. The molecule has 0 saturated heterocycles. The van der Waals surface area contributed by atoms with Crippen LogP contribution in [0, 0.1) is 5.92 Å². The first-order valence-corrected chi connectivity index (χ1v) is 6.13. The average Bonchev–Trinajstić information content (AvgIpc) is 2.15. The smallest absolute Gasteiger partial charge is 0.0698 e. The zero-order valence-corrected chi connectivity index (χ0v) is 11.2. The summed E-state index contributed by atoms with van der Waals surface area (Å²) < 4.78 is 5.22. The Bertz CT molecular complexity index is 142. The van der Waals surface area contributed by atoms with E-state index in [0.29, 0.717) is 25.2 Å². The van der Waals surface area contributed by atoms with Gasteiger partial charge in [0.1, 0.15) is 0 Å². The third kappa shape index (κ3) is 10.4. The van der Waals surface area contributed by atoms with Gasteiger partial charge in [-0.25, -0.2) is 0 Å². The first kappa shape index (κ1) is 15.8. The first-order valence-electron chi connectivity index (χ1n) is 6.13. The summed E-state index contributed by atoms with van der Waals surface area (Å²) in [5.74, 6) is 0.704. The Morgan fingerprint density at radius 1 is 1.25 bits per heavy atom. The lowest BCUT2D eigenvalue weighted by molar-refractivity contribution is 0.0915. The number of likely N-dealkylation sites (N-methyl/N-ethyl adjacent to an activating group) is 1. The summed E-state index contributed by atoms with van der Waals surface area (Å²) in [5.41, 5.74) is 0. The molecule has 2 N–H and O–H groups in total. The van der Waals surface area contributed by atoms with Crippen LogP contribution < -0.4 is 5.32 Å². The Hall–Kier alpha value is -0.160. The molecule has 0 spiro atoms. The van der Waals surface area contributed by atoms with Crippen molar-refractivity contribution in [1.29, 1.82) is 0 Å². The Morgan fingerprint density at radius 2 is 1.94 bits per heavy atom. The summed E-state index contributed by atoms with van der Waals surface area (Å²) >= 11 is 0. The number of ether oxygens (including phenoxy) is 1. The Kier molecular flexibility index (Phi) is 9.92. The molecule has 0 amide bonds. The summed E-state index contributed by atoms with van der Waals surface area (Å²) in [7, 11) is 4.19. The van der Waals surface area contributed by atoms with Crippen molar-refractivity contribution in [3.63, 3.8) is 0 Å². The molecule has 0 aromatic carbocycles. The standard InChI is InChI=1S/C12H28N2O2/c1-11(2)9-12(10-14(3)4)13-5-7-16-8-6-15/h11-13,15H,5-10H2,1-4H3. The van der Waals surface area contributed by atoms with Crippen LogP contribution in [0.2, 0.25) is 0 Å². The summed E-state index contributed by atoms with van der Waals surface area (Å²) in [5, 5.41) is 12.1. The molecule has 0 heterocycles. The molecule has 0 aliphatic rings. The third-order valence-corrected chi connectivity index (χ3v) is 2.26. The van der Waals surface area contributed by atoms with E-state index < -0.39 is 0 Å². The lowest BCUT2D eigenvalue weighted by Crippen LogP contribution is -2.40. The summed E-state index contributed by atoms with van der Waals surface area (Å²) in [6, 6.07) is 0.521. The fourth-order valence-electron chi connectivity index (χ4n) is 1.73. The van der Waals surface area contributed by atoms with Crippen molar-refractivity contribution >= 4 is 0 Å². The van der Waals surface area contributed by atoms with Crippen LogP contribution in [-0.2, 0) is 4.74 Å². The predicted molar refractivity (Wildman–Crippen MR) is 67.7 cm³/mol. The second-order valence-electron chi connectivity index (χ2n) is 4.88. The van der Waals surface area contributed by atoms with E-state index in [2.05, 4.69) is 38.2 Å². The van der Waals surface area contributed by atoms with Gasteiger partial charge >= 0.3 is 0 Å². The largest absolute Gasteiger partial charge is 0.394 e. The van der Waals surface area contributed by atoms with Crippen molar-refractivity contribution in [2.75, 3.05) is 47.0 Å². The molecule has 4 heteroatoms. The Labute approximate surface area is 100.0 Å². The molecule has 0 radical (unpaired) electrons. The minimum absolute atomic E-state index is 0.104. The molecule has 98 valence electrons. The second kappa shape index (κ2) is 10.0. The van der Waals surface area contributed by atoms with Crippen LogP contribution in [0.5, 0.6) is 0 Å². The summed E-state index contributed by atoms with van der Waals surface area (Å²) in [4.78, 5) is 2.20. The van der Waals surface area contributed by atoms with Crippen LogP contribution in [0.3, 0.4) is 0 Å². The number of nitrogens with one attached hydrogen (secondary N) is 1. The summed E-state index contributed by atoms with van der Waals surface area (Å²) in [6.45, 7) is 7.60. The van der Waals surface area contributed by atoms with E-state index in [-0.39, 0.29) is 6.61 Å². The SMILES string of the molecule is CC(C)CC(CN(C)C)NCCOCCO. The highest BCUT2D eigenvalue weighted by Crippen LogP contribution is 2.05. The fraction of sp³-hybridized carbons (Fsp3) is 1.00. The molecule has 1 atom stereocenters. The molecule has 16 heavy (non-hydrogen) atoms. The minimum Gasteiger partial charge on any atom is -0.394 e. The monoisotopic (exact) mass is 232 g/mol. The first-order chi connectivity index (χ1) is 7.56. The van der Waals surface area contributed by atoms with Crippen molar-refractivity contribution in [2.24, 2.45) is 5.92 Å². The quantitative estimate of drug-likeness (QED) is 0.540. The predicted octanol–water partition coefficient (Wildman–Crippen LogP) is 0.561. The van der Waals surface area contributed by atoms with Crippen molar-refractivity contribution in [1.82, 2.24) is 10.2 Å². The van der Waals surface area contributed by atoms with Crippen LogP contribution in [0.4, 0.5) is 0 Å². The number of aliphatic hydroxyl groups excluding tert-OH is 1. The second-order valence-corrected chi connectivity index (χ2v) is 4.88. The lowest BCUT2D eigenvalue weighted by atomic mass is 10.0. The van der Waals surface area contributed by atoms with Crippen LogP contribution in [0.1, 0.15) is 20.3 Å². The van der Waals surface area contributed by atoms with Crippen LogP contribution in [0.15, 0.2) is 0 Å². The van der Waals surface area contributed by atoms with Gasteiger partial charge in [-0.05, 0) is 26.4 Å². The van der Waals surface area contributed by atoms with Gasteiger partial charge in [-0.2, -0.15) is 0 Å². The Balaban J connectivity index is 3.65. The third-order valence-electron chi connectivity index (χ3n) is 2.26. The maximum absolute atomic E-state index is 8.56. The molecule has 0 saturated carbocycles. The maximum atomic E-state index is 8.56. The number of hydrogen-bond donors (Lipinski definition) is 2. The van der Waals surface area contributed by atoms with E-state index in [9.17, 15) is 0 Å². The van der Waals surface area contributed by atoms with Gasteiger partial charge in [0.05, 0.1) is 19.8 Å². The topological polar surface area (TPSA) is 44.7 Å². The van der Waals surface area contributed by atoms with E-state index >= 15 is 0 Å². The molecule has 0 rings (SSSR count). The van der Waals surface area contributed by atoms with Gasteiger partial charge in [0.2, 0.25) is 0 Å². The van der Waals surface area contributed by atoms with Crippen molar-refractivity contribution < 1.29 is 9.84 Å². The highest BCUT2D eigenvalue weighted by atomic mass is 16.5. The van der Waals surface area contributed by atoms with Crippen LogP contribution >= 0.6 is 0 Å². The van der Waals surface area contributed by atoms with Crippen molar-refractivity contribution in [3.05, 3.63) is 0 Å². The maximum Gasteiger partial charge on any atom is 0.0698 e. The molecular formula is C12H28N2O2. The number of nitrogens with zero attached hydrogens (tertiary/aromatic N) is 1.